The highest BCUT2D eigenvalue weighted by atomic mass is 16.4. The Labute approximate surface area is 152 Å². The zero-order valence-electron chi connectivity index (χ0n) is 14.0. The van der Waals surface area contributed by atoms with Crippen LogP contribution >= 0.6 is 0 Å². The number of para-hydroxylation sites is 2. The Kier molecular flexibility index (Phi) is 3.14. The van der Waals surface area contributed by atoms with E-state index in [2.05, 4.69) is 15.0 Å². The first-order valence-corrected chi connectivity index (χ1v) is 8.39. The second kappa shape index (κ2) is 5.54. The maximum atomic E-state index is 13.3. The molecule has 130 valence electrons. The van der Waals surface area contributed by atoms with Gasteiger partial charge in [0.15, 0.2) is 0 Å². The van der Waals surface area contributed by atoms with Crippen molar-refractivity contribution in [1.82, 2.24) is 15.0 Å². The fraction of sp³-hybridized carbons (Fsp3) is 0. The molecule has 0 fully saturated rings. The Balaban J connectivity index is 1.83. The normalized spacial score (nSPS) is 11.4. The number of carbonyl (C=O) groups excluding carboxylic acids is 1. The summed E-state index contributed by atoms with van der Waals surface area (Å²) in [6.45, 7) is 0. The molecule has 0 spiro atoms. The molecule has 0 amide bonds. The molecular formula is C21H13N3O3. The fourth-order valence-electron chi connectivity index (χ4n) is 3.51. The summed E-state index contributed by atoms with van der Waals surface area (Å²) in [5.74, 6) is -1.50. The van der Waals surface area contributed by atoms with Gasteiger partial charge in [0.05, 0.1) is 5.52 Å². The number of aromatic carboxylic acids is 1. The lowest BCUT2D eigenvalue weighted by atomic mass is 10.0. The highest BCUT2D eigenvalue weighted by molar-refractivity contribution is 6.23. The molecule has 6 heteroatoms. The molecule has 0 aliphatic carbocycles. The van der Waals surface area contributed by atoms with Crippen molar-refractivity contribution in [3.05, 3.63) is 77.7 Å². The van der Waals surface area contributed by atoms with E-state index >= 15 is 0 Å². The SMILES string of the molecule is O=C(O)c1cc2c([nH]c3ccccc32)c(C(=O)c2c[nH]c3ccccc23)n1. The third-order valence-electron chi connectivity index (χ3n) is 4.76. The van der Waals surface area contributed by atoms with E-state index in [4.69, 9.17) is 0 Å². The number of benzene rings is 2. The molecule has 0 saturated carbocycles. The zero-order valence-corrected chi connectivity index (χ0v) is 14.0. The van der Waals surface area contributed by atoms with Crippen LogP contribution in [0, 0.1) is 0 Å². The minimum absolute atomic E-state index is 0.103. The maximum Gasteiger partial charge on any atom is 0.354 e. The Morgan fingerprint density at radius 2 is 1.59 bits per heavy atom. The number of carboxylic acid groups (broad SMARTS) is 1. The number of pyridine rings is 1. The van der Waals surface area contributed by atoms with Crippen LogP contribution < -0.4 is 0 Å². The number of aromatic nitrogens is 3. The molecular weight excluding hydrogens is 342 g/mol. The third kappa shape index (κ3) is 2.23. The van der Waals surface area contributed by atoms with Crippen molar-refractivity contribution >= 4 is 44.5 Å². The van der Waals surface area contributed by atoms with Crippen LogP contribution in [0.1, 0.15) is 26.5 Å². The zero-order chi connectivity index (χ0) is 18.5. The van der Waals surface area contributed by atoms with Crippen molar-refractivity contribution in [3.63, 3.8) is 0 Å². The number of fused-ring (bicyclic) bond motifs is 4. The van der Waals surface area contributed by atoms with Crippen molar-refractivity contribution in [3.8, 4) is 0 Å². The van der Waals surface area contributed by atoms with E-state index in [0.29, 0.717) is 16.5 Å². The first-order valence-electron chi connectivity index (χ1n) is 8.39. The standard InChI is InChI=1S/C21H13N3O3/c25-20(14-10-22-15-7-3-1-6-12(14)15)19-18-13(9-17(24-19)21(26)27)11-5-2-4-8-16(11)23-18/h1-10,22-23H,(H,26,27). The summed E-state index contributed by atoms with van der Waals surface area (Å²) in [5, 5.41) is 11.8. The van der Waals surface area contributed by atoms with Crippen molar-refractivity contribution in [1.29, 1.82) is 0 Å². The lowest BCUT2D eigenvalue weighted by molar-refractivity contribution is 0.0690. The summed E-state index contributed by atoms with van der Waals surface area (Å²) in [7, 11) is 0. The maximum absolute atomic E-state index is 13.3. The van der Waals surface area contributed by atoms with Crippen LogP contribution in [0.25, 0.3) is 32.7 Å². The van der Waals surface area contributed by atoms with Crippen LogP contribution in [0.5, 0.6) is 0 Å². The Hall–Kier alpha value is -3.93. The number of ketones is 1. The summed E-state index contributed by atoms with van der Waals surface area (Å²) < 4.78 is 0. The highest BCUT2D eigenvalue weighted by Gasteiger charge is 2.22. The number of nitrogens with zero attached hydrogens (tertiary/aromatic N) is 1. The smallest absolute Gasteiger partial charge is 0.354 e. The van der Waals surface area contributed by atoms with Gasteiger partial charge in [-0.05, 0) is 18.2 Å². The van der Waals surface area contributed by atoms with Gasteiger partial charge in [-0.15, -0.1) is 0 Å². The first-order chi connectivity index (χ1) is 13.1. The van der Waals surface area contributed by atoms with Crippen LogP contribution in [-0.2, 0) is 0 Å². The number of nitrogens with one attached hydrogen (secondary N) is 2. The molecule has 3 N–H and O–H groups in total. The molecule has 2 aromatic carbocycles. The largest absolute Gasteiger partial charge is 0.477 e. The summed E-state index contributed by atoms with van der Waals surface area (Å²) in [6, 6.07) is 16.5. The Bertz CT molecular complexity index is 1380. The quantitative estimate of drug-likeness (QED) is 0.424. The summed E-state index contributed by atoms with van der Waals surface area (Å²) >= 11 is 0. The molecule has 0 bridgehead atoms. The van der Waals surface area contributed by atoms with Gasteiger partial charge in [-0.1, -0.05) is 36.4 Å². The lowest BCUT2D eigenvalue weighted by Crippen LogP contribution is -2.09. The van der Waals surface area contributed by atoms with Crippen LogP contribution in [-0.4, -0.2) is 31.8 Å². The van der Waals surface area contributed by atoms with Crippen LogP contribution in [0.3, 0.4) is 0 Å². The van der Waals surface area contributed by atoms with E-state index in [1.165, 1.54) is 6.07 Å². The minimum atomic E-state index is -1.17. The van der Waals surface area contributed by atoms with Crippen LogP contribution in [0.15, 0.2) is 60.8 Å². The van der Waals surface area contributed by atoms with Crippen LogP contribution in [0.4, 0.5) is 0 Å². The van der Waals surface area contributed by atoms with Gasteiger partial charge in [-0.3, -0.25) is 4.79 Å². The average molecular weight is 355 g/mol. The predicted octanol–water partition coefficient (Wildman–Crippen LogP) is 4.13. The van der Waals surface area contributed by atoms with E-state index in [0.717, 1.165) is 21.8 Å². The van der Waals surface area contributed by atoms with Crippen LogP contribution in [0.2, 0.25) is 0 Å². The molecule has 0 saturated heterocycles. The third-order valence-corrected chi connectivity index (χ3v) is 4.76. The average Bonchev–Trinajstić information content (AvgIpc) is 3.28. The molecule has 0 unspecified atom stereocenters. The summed E-state index contributed by atoms with van der Waals surface area (Å²) in [4.78, 5) is 35.3. The van der Waals surface area contributed by atoms with Gasteiger partial charge in [-0.2, -0.15) is 0 Å². The second-order valence-electron chi connectivity index (χ2n) is 6.33. The predicted molar refractivity (Wildman–Crippen MR) is 102 cm³/mol. The van der Waals surface area contributed by atoms with Gasteiger partial charge in [-0.25, -0.2) is 9.78 Å². The van der Waals surface area contributed by atoms with Gasteiger partial charge in [0.2, 0.25) is 5.78 Å². The summed E-state index contributed by atoms with van der Waals surface area (Å²) in [5.41, 5.74) is 2.60. The number of H-pyrrole nitrogens is 2. The van der Waals surface area contributed by atoms with Gasteiger partial charge < -0.3 is 15.1 Å². The Morgan fingerprint density at radius 3 is 2.37 bits per heavy atom. The van der Waals surface area contributed by atoms with Gasteiger partial charge in [0, 0.05) is 39.0 Å². The molecule has 5 aromatic rings. The molecule has 6 nitrogen and oxygen atoms in total. The van der Waals surface area contributed by atoms with Gasteiger partial charge in [0.25, 0.3) is 0 Å². The van der Waals surface area contributed by atoms with E-state index < -0.39 is 5.97 Å². The van der Waals surface area contributed by atoms with Crippen molar-refractivity contribution in [2.45, 2.75) is 0 Å². The van der Waals surface area contributed by atoms with E-state index in [-0.39, 0.29) is 17.2 Å². The van der Waals surface area contributed by atoms with Crippen molar-refractivity contribution < 1.29 is 14.7 Å². The second-order valence-corrected chi connectivity index (χ2v) is 6.33. The molecule has 0 radical (unpaired) electrons. The minimum Gasteiger partial charge on any atom is -0.477 e. The van der Waals surface area contributed by atoms with Crippen molar-refractivity contribution in [2.24, 2.45) is 0 Å². The number of hydrogen-bond donors (Lipinski definition) is 3. The molecule has 0 atom stereocenters. The number of hydrogen-bond acceptors (Lipinski definition) is 3. The molecule has 0 aliphatic heterocycles. The number of carboxylic acids is 1. The van der Waals surface area contributed by atoms with Gasteiger partial charge >= 0.3 is 5.97 Å². The monoisotopic (exact) mass is 355 g/mol. The topological polar surface area (TPSA) is 98.8 Å². The Morgan fingerprint density at radius 1 is 0.889 bits per heavy atom. The van der Waals surface area contributed by atoms with E-state index in [1.54, 1.807) is 6.20 Å². The highest BCUT2D eigenvalue weighted by Crippen LogP contribution is 2.30. The first kappa shape index (κ1) is 15.3. The van der Waals surface area contributed by atoms with E-state index in [1.807, 2.05) is 48.5 Å². The number of rotatable bonds is 3. The van der Waals surface area contributed by atoms with Gasteiger partial charge in [0.1, 0.15) is 11.4 Å². The number of carbonyl (C=O) groups is 2. The molecule has 5 rings (SSSR count). The molecule has 27 heavy (non-hydrogen) atoms. The summed E-state index contributed by atoms with van der Waals surface area (Å²) in [6.07, 6.45) is 1.64. The molecule has 0 aliphatic rings. The van der Waals surface area contributed by atoms with E-state index in [9.17, 15) is 14.7 Å². The molecule has 3 heterocycles. The fourth-order valence-corrected chi connectivity index (χ4v) is 3.51. The molecule has 3 aromatic heterocycles. The van der Waals surface area contributed by atoms with Crippen molar-refractivity contribution in [2.75, 3.05) is 0 Å². The lowest BCUT2D eigenvalue weighted by Gasteiger charge is -2.04. The number of aromatic amines is 2.